The highest BCUT2D eigenvalue weighted by Gasteiger charge is 2.46. The molecule has 2 aliphatic heterocycles. The van der Waals surface area contributed by atoms with Crippen molar-refractivity contribution in [1.29, 1.82) is 0 Å². The Bertz CT molecular complexity index is 972. The van der Waals surface area contributed by atoms with Crippen molar-refractivity contribution in [1.82, 2.24) is 9.80 Å². The fraction of sp³-hybridized carbons (Fsp3) is 0.480. The molecule has 1 saturated heterocycles. The first kappa shape index (κ1) is 23.1. The lowest BCUT2D eigenvalue weighted by atomic mass is 9.83. The number of amides is 1. The van der Waals surface area contributed by atoms with E-state index in [1.807, 2.05) is 18.2 Å². The number of fused-ring (bicyclic) bond motifs is 2. The maximum atomic E-state index is 13.0. The van der Waals surface area contributed by atoms with Crippen LogP contribution in [0.2, 0.25) is 5.02 Å². The van der Waals surface area contributed by atoms with Gasteiger partial charge in [-0.2, -0.15) is 0 Å². The van der Waals surface area contributed by atoms with E-state index in [1.165, 1.54) is 5.56 Å². The number of nitrogens with zero attached hydrogens (tertiary/aromatic N) is 2. The summed E-state index contributed by atoms with van der Waals surface area (Å²) in [5.74, 6) is -0.0660. The number of carbonyl (C=O) groups is 1. The van der Waals surface area contributed by atoms with Crippen LogP contribution in [0.4, 0.5) is 0 Å². The summed E-state index contributed by atoms with van der Waals surface area (Å²) in [6.45, 7) is 2.20. The fourth-order valence-corrected chi connectivity index (χ4v) is 5.30. The number of aliphatic hydroxyl groups is 1. The molecule has 32 heavy (non-hydrogen) atoms. The van der Waals surface area contributed by atoms with Crippen molar-refractivity contribution in [3.8, 4) is 5.75 Å². The van der Waals surface area contributed by atoms with Gasteiger partial charge in [-0.15, -0.1) is 0 Å². The molecule has 172 valence electrons. The molecule has 7 heteroatoms. The molecule has 4 rings (SSSR count). The number of aliphatic hydroxyl groups excluding tert-OH is 1. The first-order valence-corrected chi connectivity index (χ1v) is 11.5. The van der Waals surface area contributed by atoms with Gasteiger partial charge in [-0.1, -0.05) is 35.9 Å². The highest BCUT2D eigenvalue weighted by Crippen LogP contribution is 2.49. The average molecular weight is 459 g/mol. The Labute approximate surface area is 194 Å². The number of rotatable bonds is 6. The van der Waals surface area contributed by atoms with Crippen LogP contribution < -0.4 is 0 Å². The number of carbonyl (C=O) groups excluding carboxylic acids is 1. The van der Waals surface area contributed by atoms with Crippen molar-refractivity contribution < 1.29 is 19.7 Å². The molecular formula is C25H31ClN2O4. The maximum Gasteiger partial charge on any atom is 0.226 e. The lowest BCUT2D eigenvalue weighted by Gasteiger charge is -2.41. The predicted molar refractivity (Wildman–Crippen MR) is 124 cm³/mol. The summed E-state index contributed by atoms with van der Waals surface area (Å²) in [4.78, 5) is 16.9. The first-order valence-electron chi connectivity index (χ1n) is 11.1. The molecule has 1 amide bonds. The van der Waals surface area contributed by atoms with Crippen LogP contribution in [0.25, 0.3) is 0 Å². The second-order valence-electron chi connectivity index (χ2n) is 9.08. The van der Waals surface area contributed by atoms with Crippen LogP contribution in [0.5, 0.6) is 5.75 Å². The molecule has 0 saturated carbocycles. The molecule has 6 nitrogen and oxygen atoms in total. The zero-order valence-corrected chi connectivity index (χ0v) is 19.4. The number of benzene rings is 2. The van der Waals surface area contributed by atoms with Crippen LogP contribution in [0.15, 0.2) is 42.5 Å². The number of hydrogen-bond acceptors (Lipinski definition) is 5. The normalized spacial score (nSPS) is 20.8. The molecule has 2 aromatic rings. The van der Waals surface area contributed by atoms with E-state index in [1.54, 1.807) is 37.2 Å². The van der Waals surface area contributed by atoms with E-state index in [2.05, 4.69) is 11.0 Å². The minimum atomic E-state index is -0.365. The Morgan fingerprint density at radius 1 is 1.25 bits per heavy atom. The quantitative estimate of drug-likeness (QED) is 0.694. The highest BCUT2D eigenvalue weighted by molar-refractivity contribution is 6.31. The van der Waals surface area contributed by atoms with E-state index < -0.39 is 0 Å². The number of phenolic OH excluding ortho intramolecular Hbond substituents is 1. The van der Waals surface area contributed by atoms with Gasteiger partial charge >= 0.3 is 0 Å². The van der Waals surface area contributed by atoms with Gasteiger partial charge in [0.2, 0.25) is 5.91 Å². The van der Waals surface area contributed by atoms with E-state index in [4.69, 9.17) is 16.3 Å². The third-order valence-electron chi connectivity index (χ3n) is 6.76. The van der Waals surface area contributed by atoms with Crippen LogP contribution in [0, 0.1) is 5.92 Å². The SMILES string of the molecule is CN(C)C(=O)C(Cc1cc(O)ccc1Cl)CN1CCC2(CC1)OC(CO)c1ccccc12. The molecule has 2 atom stereocenters. The van der Waals surface area contributed by atoms with Gasteiger partial charge < -0.3 is 24.7 Å². The largest absolute Gasteiger partial charge is 0.508 e. The minimum Gasteiger partial charge on any atom is -0.508 e. The third-order valence-corrected chi connectivity index (χ3v) is 7.13. The monoisotopic (exact) mass is 458 g/mol. The summed E-state index contributed by atoms with van der Waals surface area (Å²) in [7, 11) is 3.53. The van der Waals surface area contributed by atoms with Crippen LogP contribution in [0.1, 0.15) is 35.6 Å². The van der Waals surface area contributed by atoms with Crippen molar-refractivity contribution >= 4 is 17.5 Å². The molecule has 2 unspecified atom stereocenters. The van der Waals surface area contributed by atoms with Crippen molar-refractivity contribution in [2.24, 2.45) is 5.92 Å². The van der Waals surface area contributed by atoms with E-state index in [0.29, 0.717) is 18.0 Å². The summed E-state index contributed by atoms with van der Waals surface area (Å²) in [5, 5.41) is 20.2. The van der Waals surface area contributed by atoms with Crippen LogP contribution in [-0.2, 0) is 21.6 Å². The smallest absolute Gasteiger partial charge is 0.226 e. The lowest BCUT2D eigenvalue weighted by molar-refractivity contribution is -0.136. The van der Waals surface area contributed by atoms with Crippen LogP contribution in [0.3, 0.4) is 0 Å². The Hall–Kier alpha value is -2.12. The maximum absolute atomic E-state index is 13.0. The zero-order chi connectivity index (χ0) is 22.9. The van der Waals surface area contributed by atoms with Crippen molar-refractivity contribution in [3.63, 3.8) is 0 Å². The zero-order valence-electron chi connectivity index (χ0n) is 18.6. The van der Waals surface area contributed by atoms with Crippen molar-refractivity contribution in [2.75, 3.05) is 40.3 Å². The third kappa shape index (κ3) is 4.50. The number of ether oxygens (including phenoxy) is 1. The van der Waals surface area contributed by atoms with Gasteiger partial charge in [0.1, 0.15) is 11.9 Å². The lowest BCUT2D eigenvalue weighted by Crippen LogP contribution is -2.46. The van der Waals surface area contributed by atoms with Gasteiger partial charge in [-0.05, 0) is 54.2 Å². The topological polar surface area (TPSA) is 73.2 Å². The van der Waals surface area contributed by atoms with Gasteiger partial charge in [0.25, 0.3) is 0 Å². The number of aromatic hydroxyl groups is 1. The molecule has 0 bridgehead atoms. The second kappa shape index (κ2) is 9.40. The molecule has 2 heterocycles. The Kier molecular flexibility index (Phi) is 6.77. The summed E-state index contributed by atoms with van der Waals surface area (Å²) in [6.07, 6.45) is 1.83. The molecule has 0 radical (unpaired) electrons. The van der Waals surface area contributed by atoms with E-state index in [-0.39, 0.29) is 35.9 Å². The van der Waals surface area contributed by atoms with Gasteiger partial charge in [0, 0.05) is 38.8 Å². The fourth-order valence-electron chi connectivity index (χ4n) is 5.10. The van der Waals surface area contributed by atoms with E-state index >= 15 is 0 Å². The van der Waals surface area contributed by atoms with E-state index in [9.17, 15) is 15.0 Å². The molecule has 0 aliphatic carbocycles. The average Bonchev–Trinajstić information content (AvgIpc) is 3.10. The Morgan fingerprint density at radius 2 is 1.97 bits per heavy atom. The van der Waals surface area contributed by atoms with Gasteiger partial charge in [-0.25, -0.2) is 0 Å². The first-order chi connectivity index (χ1) is 15.3. The van der Waals surface area contributed by atoms with Crippen molar-refractivity contribution in [3.05, 3.63) is 64.2 Å². The molecule has 2 aromatic carbocycles. The predicted octanol–water partition coefficient (Wildman–Crippen LogP) is 3.35. The molecular weight excluding hydrogens is 428 g/mol. The minimum absolute atomic E-state index is 0.0213. The highest BCUT2D eigenvalue weighted by atomic mass is 35.5. The standard InChI is InChI=1S/C25H31ClN2O4/c1-27(2)24(31)18(13-17-14-19(30)7-8-22(17)26)15-28-11-9-25(10-12-28)21-6-4-3-5-20(21)23(16-29)32-25/h3-8,14,18,23,29-30H,9-13,15-16H2,1-2H3. The summed E-state index contributed by atoms with van der Waals surface area (Å²) < 4.78 is 6.38. The van der Waals surface area contributed by atoms with Crippen LogP contribution >= 0.6 is 11.6 Å². The van der Waals surface area contributed by atoms with Gasteiger partial charge in [0.15, 0.2) is 0 Å². The molecule has 2 aliphatic rings. The summed E-state index contributed by atoms with van der Waals surface area (Å²) in [5.41, 5.74) is 2.68. The Balaban J connectivity index is 1.47. The van der Waals surface area contributed by atoms with Gasteiger partial charge in [-0.3, -0.25) is 4.79 Å². The number of piperidine rings is 1. The number of likely N-dealkylation sites (tertiary alicyclic amines) is 1. The summed E-state index contributed by atoms with van der Waals surface area (Å²) in [6, 6.07) is 13.0. The van der Waals surface area contributed by atoms with Gasteiger partial charge in [0.05, 0.1) is 18.1 Å². The molecule has 2 N–H and O–H groups in total. The summed E-state index contributed by atoms with van der Waals surface area (Å²) >= 11 is 6.34. The Morgan fingerprint density at radius 3 is 2.66 bits per heavy atom. The molecule has 1 fully saturated rings. The second-order valence-corrected chi connectivity index (χ2v) is 9.49. The number of halogens is 1. The van der Waals surface area contributed by atoms with Crippen molar-refractivity contribution in [2.45, 2.75) is 31.0 Å². The van der Waals surface area contributed by atoms with Crippen LogP contribution in [-0.4, -0.2) is 66.3 Å². The number of hydrogen-bond donors (Lipinski definition) is 2. The van der Waals surface area contributed by atoms with E-state index in [0.717, 1.165) is 37.1 Å². The molecule has 0 aromatic heterocycles. The molecule has 1 spiro atoms. The number of phenols is 1.